The first kappa shape index (κ1) is 22.2. The number of imide groups is 1. The Morgan fingerprint density at radius 1 is 1.21 bits per heavy atom. The summed E-state index contributed by atoms with van der Waals surface area (Å²) >= 11 is 0. The van der Waals surface area contributed by atoms with E-state index in [2.05, 4.69) is 15.5 Å². The summed E-state index contributed by atoms with van der Waals surface area (Å²) < 4.78 is 0. The first-order chi connectivity index (χ1) is 13.7. The minimum atomic E-state index is -0.862. The molecule has 4 amide bonds. The summed E-state index contributed by atoms with van der Waals surface area (Å²) in [6, 6.07) is -0.349. The van der Waals surface area contributed by atoms with Crippen LogP contribution in [0.3, 0.4) is 0 Å². The van der Waals surface area contributed by atoms with E-state index in [0.717, 1.165) is 0 Å². The number of aryl methyl sites for hydroxylation is 1. The van der Waals surface area contributed by atoms with Crippen molar-refractivity contribution in [1.29, 1.82) is 0 Å². The summed E-state index contributed by atoms with van der Waals surface area (Å²) in [5, 5.41) is 14.5. The fourth-order valence-electron chi connectivity index (χ4n) is 3.79. The van der Waals surface area contributed by atoms with Crippen molar-refractivity contribution in [2.75, 3.05) is 19.6 Å². The van der Waals surface area contributed by atoms with E-state index < -0.39 is 5.54 Å². The number of urea groups is 1. The normalized spacial score (nSPS) is 17.9. The highest BCUT2D eigenvalue weighted by atomic mass is 16.3. The van der Waals surface area contributed by atoms with Gasteiger partial charge in [-0.25, -0.2) is 4.79 Å². The predicted octanol–water partition coefficient (Wildman–Crippen LogP) is -0.176. The van der Waals surface area contributed by atoms with Gasteiger partial charge in [0.15, 0.2) is 0 Å². The van der Waals surface area contributed by atoms with Crippen molar-refractivity contribution in [2.45, 2.75) is 45.6 Å². The van der Waals surface area contributed by atoms with Gasteiger partial charge in [0.2, 0.25) is 5.91 Å². The standard InChI is InChI=1S/C17H25N5O4.CH2O2/c1-10(2)9-22-16(26)18-15(25)17(22)4-6-21(7-5-17)13(23)8-12-11(3)19-20-14(12)24;2-1-3/h10H,4-9H2,1-3H3,(H,18,25,26)(H2,19,20,24);1H,(H,2,3). The second-order valence-electron chi connectivity index (χ2n) is 7.64. The third kappa shape index (κ3) is 4.49. The average molecular weight is 409 g/mol. The topological polar surface area (TPSA) is 156 Å². The Balaban J connectivity index is 0.000000941. The lowest BCUT2D eigenvalue weighted by Crippen LogP contribution is -2.58. The zero-order valence-electron chi connectivity index (χ0n) is 16.8. The van der Waals surface area contributed by atoms with Crippen LogP contribution in [0.15, 0.2) is 4.79 Å². The van der Waals surface area contributed by atoms with Crippen LogP contribution < -0.4 is 10.9 Å². The molecule has 29 heavy (non-hydrogen) atoms. The largest absolute Gasteiger partial charge is 0.483 e. The SMILES string of the molecule is Cc1[nH][nH]c(=O)c1CC(=O)N1CCC2(CC1)C(=O)NC(=O)N2CC(C)C.O=CO. The molecule has 2 saturated heterocycles. The lowest BCUT2D eigenvalue weighted by Gasteiger charge is -2.42. The molecular weight excluding hydrogens is 382 g/mol. The lowest BCUT2D eigenvalue weighted by atomic mass is 9.85. The van der Waals surface area contributed by atoms with Crippen molar-refractivity contribution in [3.8, 4) is 0 Å². The van der Waals surface area contributed by atoms with Crippen molar-refractivity contribution in [2.24, 2.45) is 5.92 Å². The van der Waals surface area contributed by atoms with Gasteiger partial charge in [0.1, 0.15) is 5.54 Å². The number of hydrogen-bond donors (Lipinski definition) is 4. The minimum absolute atomic E-state index is 0.0263. The van der Waals surface area contributed by atoms with Crippen molar-refractivity contribution in [3.05, 3.63) is 21.6 Å². The maximum Gasteiger partial charge on any atom is 0.325 e. The molecule has 2 aliphatic heterocycles. The van der Waals surface area contributed by atoms with Gasteiger partial charge < -0.3 is 20.0 Å². The molecule has 160 valence electrons. The highest BCUT2D eigenvalue weighted by Gasteiger charge is 2.54. The number of aromatic amines is 2. The molecule has 0 aliphatic carbocycles. The molecule has 0 bridgehead atoms. The van der Waals surface area contributed by atoms with Crippen LogP contribution in [0.5, 0.6) is 0 Å². The van der Waals surface area contributed by atoms with Crippen molar-refractivity contribution >= 4 is 24.3 Å². The van der Waals surface area contributed by atoms with Gasteiger partial charge in [-0.1, -0.05) is 13.8 Å². The van der Waals surface area contributed by atoms with Crippen LogP contribution in [0.25, 0.3) is 0 Å². The number of nitrogens with zero attached hydrogens (tertiary/aromatic N) is 2. The van der Waals surface area contributed by atoms with E-state index in [0.29, 0.717) is 43.7 Å². The number of carbonyl (C=O) groups is 4. The summed E-state index contributed by atoms with van der Waals surface area (Å²) in [5.41, 5.74) is -0.0565. The minimum Gasteiger partial charge on any atom is -0.483 e. The Labute approximate surface area is 167 Å². The number of aromatic nitrogens is 2. The third-order valence-corrected chi connectivity index (χ3v) is 5.31. The molecule has 3 rings (SSSR count). The summed E-state index contributed by atoms with van der Waals surface area (Å²) in [4.78, 5) is 60.6. The van der Waals surface area contributed by atoms with Gasteiger partial charge >= 0.3 is 6.03 Å². The first-order valence-corrected chi connectivity index (χ1v) is 9.41. The predicted molar refractivity (Wildman–Crippen MR) is 102 cm³/mol. The van der Waals surface area contributed by atoms with Crippen LogP contribution in [-0.4, -0.2) is 74.6 Å². The van der Waals surface area contributed by atoms with Gasteiger partial charge in [-0.2, -0.15) is 0 Å². The van der Waals surface area contributed by atoms with Crippen LogP contribution >= 0.6 is 0 Å². The molecule has 2 aliphatic rings. The van der Waals surface area contributed by atoms with Crippen LogP contribution in [-0.2, 0) is 20.8 Å². The number of rotatable bonds is 4. The van der Waals surface area contributed by atoms with E-state index in [1.165, 1.54) is 0 Å². The molecule has 4 N–H and O–H groups in total. The molecule has 11 heteroatoms. The van der Waals surface area contributed by atoms with Gasteiger partial charge in [-0.15, -0.1) is 0 Å². The Hall–Kier alpha value is -3.11. The van der Waals surface area contributed by atoms with Gasteiger partial charge in [0.05, 0.1) is 6.42 Å². The highest BCUT2D eigenvalue weighted by molar-refractivity contribution is 6.07. The van der Waals surface area contributed by atoms with E-state index in [1.54, 1.807) is 16.7 Å². The van der Waals surface area contributed by atoms with Gasteiger partial charge in [-0.3, -0.25) is 29.6 Å². The van der Waals surface area contributed by atoms with Crippen LogP contribution in [0.1, 0.15) is 37.9 Å². The molecular formula is C18H27N5O6. The molecule has 0 unspecified atom stereocenters. The molecule has 11 nitrogen and oxygen atoms in total. The van der Waals surface area contributed by atoms with Crippen molar-refractivity contribution < 1.29 is 24.3 Å². The van der Waals surface area contributed by atoms with Crippen LogP contribution in [0, 0.1) is 12.8 Å². The van der Waals surface area contributed by atoms with Crippen molar-refractivity contribution in [1.82, 2.24) is 25.3 Å². The smallest absolute Gasteiger partial charge is 0.325 e. The van der Waals surface area contributed by atoms with Gasteiger partial charge in [-0.05, 0) is 25.7 Å². The number of H-pyrrole nitrogens is 2. The summed E-state index contributed by atoms with van der Waals surface area (Å²) in [5.74, 6) is -0.173. The molecule has 3 heterocycles. The molecule has 0 saturated carbocycles. The number of carboxylic acid groups (broad SMARTS) is 1. The highest BCUT2D eigenvalue weighted by Crippen LogP contribution is 2.34. The Kier molecular flexibility index (Phi) is 6.83. The molecule has 1 aromatic rings. The van der Waals surface area contributed by atoms with E-state index in [4.69, 9.17) is 9.90 Å². The van der Waals surface area contributed by atoms with Crippen molar-refractivity contribution in [3.63, 3.8) is 0 Å². The molecule has 1 aromatic heterocycles. The van der Waals surface area contributed by atoms with E-state index in [9.17, 15) is 19.2 Å². The molecule has 0 radical (unpaired) electrons. The quantitative estimate of drug-likeness (QED) is 0.399. The first-order valence-electron chi connectivity index (χ1n) is 9.41. The Morgan fingerprint density at radius 3 is 2.28 bits per heavy atom. The number of hydrogen-bond acceptors (Lipinski definition) is 5. The monoisotopic (exact) mass is 409 g/mol. The molecule has 0 atom stereocenters. The molecule has 2 fully saturated rings. The summed E-state index contributed by atoms with van der Waals surface area (Å²) in [6.45, 7) is 6.76. The number of likely N-dealkylation sites (tertiary alicyclic amines) is 1. The lowest BCUT2D eigenvalue weighted by molar-refractivity contribution is -0.137. The zero-order chi connectivity index (χ0) is 21.8. The van der Waals surface area contributed by atoms with E-state index in [1.807, 2.05) is 13.8 Å². The number of amides is 4. The Bertz CT molecular complexity index is 834. The fraction of sp³-hybridized carbons (Fsp3) is 0.611. The average Bonchev–Trinajstić information content (AvgIpc) is 3.08. The molecule has 0 aromatic carbocycles. The Morgan fingerprint density at radius 2 is 1.79 bits per heavy atom. The van der Waals surface area contributed by atoms with E-state index in [-0.39, 0.29) is 42.2 Å². The third-order valence-electron chi connectivity index (χ3n) is 5.31. The number of nitrogens with one attached hydrogen (secondary N) is 3. The zero-order valence-corrected chi connectivity index (χ0v) is 16.8. The van der Waals surface area contributed by atoms with Crippen LogP contribution in [0.2, 0.25) is 0 Å². The second-order valence-corrected chi connectivity index (χ2v) is 7.64. The summed E-state index contributed by atoms with van der Waals surface area (Å²) in [7, 11) is 0. The fourth-order valence-corrected chi connectivity index (χ4v) is 3.79. The summed E-state index contributed by atoms with van der Waals surface area (Å²) in [6.07, 6.45) is 0.843. The van der Waals surface area contributed by atoms with E-state index >= 15 is 0 Å². The maximum atomic E-state index is 12.6. The second kappa shape index (κ2) is 8.93. The molecule has 1 spiro atoms. The van der Waals surface area contributed by atoms with Gasteiger partial charge in [0.25, 0.3) is 17.9 Å². The number of piperidine rings is 1. The maximum absolute atomic E-state index is 12.6. The van der Waals surface area contributed by atoms with Crippen LogP contribution in [0.4, 0.5) is 4.79 Å². The van der Waals surface area contributed by atoms with Gasteiger partial charge in [0, 0.05) is 30.9 Å². The number of carbonyl (C=O) groups excluding carboxylic acids is 3.